The molecule has 0 fully saturated rings. The summed E-state index contributed by atoms with van der Waals surface area (Å²) >= 11 is 3.36. The van der Waals surface area contributed by atoms with Gasteiger partial charge < -0.3 is 14.2 Å². The smallest absolute Gasteiger partial charge is 0.151 e. The van der Waals surface area contributed by atoms with Crippen LogP contribution in [-0.2, 0) is 4.79 Å². The van der Waals surface area contributed by atoms with Gasteiger partial charge >= 0.3 is 0 Å². The lowest BCUT2D eigenvalue weighted by Gasteiger charge is -2.22. The molecule has 178 valence electrons. The van der Waals surface area contributed by atoms with Gasteiger partial charge in [0.15, 0.2) is 5.78 Å². The van der Waals surface area contributed by atoms with Gasteiger partial charge in [0.25, 0.3) is 0 Å². The van der Waals surface area contributed by atoms with E-state index in [1.165, 1.54) is 64.2 Å². The zero-order valence-corrected chi connectivity index (χ0v) is 21.7. The van der Waals surface area contributed by atoms with Crippen LogP contribution < -0.4 is 14.2 Å². The van der Waals surface area contributed by atoms with E-state index in [1.54, 1.807) is 21.3 Å². The van der Waals surface area contributed by atoms with E-state index in [0.717, 1.165) is 24.8 Å². The number of carbonyl (C=O) groups excluding carboxylic acids is 1. The van der Waals surface area contributed by atoms with E-state index in [2.05, 4.69) is 22.9 Å². The summed E-state index contributed by atoms with van der Waals surface area (Å²) in [6, 6.07) is 3.66. The first-order valence-electron chi connectivity index (χ1n) is 12.0. The summed E-state index contributed by atoms with van der Waals surface area (Å²) in [6.07, 6.45) is 16.5. The second-order valence-corrected chi connectivity index (χ2v) is 8.84. The standard InChI is InChI=1S/C26H43BrO4/c1-5-6-7-8-9-10-11-12-13-14-15-16-17-22(23(28)20-27)26-24(30-3)18-21(29-2)19-25(26)31-4/h18-19,22H,5-17,20H2,1-4H3. The van der Waals surface area contributed by atoms with Gasteiger partial charge in [0.2, 0.25) is 0 Å². The van der Waals surface area contributed by atoms with Crippen LogP contribution in [0.3, 0.4) is 0 Å². The molecule has 0 saturated heterocycles. The van der Waals surface area contributed by atoms with E-state index in [1.807, 2.05) is 12.1 Å². The molecule has 4 nitrogen and oxygen atoms in total. The molecule has 1 rings (SSSR count). The molecule has 0 bridgehead atoms. The van der Waals surface area contributed by atoms with Crippen LogP contribution in [0.4, 0.5) is 0 Å². The molecule has 1 aromatic rings. The number of halogens is 1. The zero-order valence-electron chi connectivity index (χ0n) is 20.1. The molecule has 0 amide bonds. The summed E-state index contributed by atoms with van der Waals surface area (Å²) in [6.45, 7) is 2.27. The Morgan fingerprint density at radius 2 is 1.23 bits per heavy atom. The largest absolute Gasteiger partial charge is 0.496 e. The fraction of sp³-hybridized carbons (Fsp3) is 0.731. The third kappa shape index (κ3) is 10.3. The molecule has 0 saturated carbocycles. The number of hydrogen-bond acceptors (Lipinski definition) is 4. The molecule has 1 unspecified atom stereocenters. The van der Waals surface area contributed by atoms with Crippen LogP contribution >= 0.6 is 15.9 Å². The Bertz CT molecular complexity index is 592. The monoisotopic (exact) mass is 498 g/mol. The Balaban J connectivity index is 2.51. The van der Waals surface area contributed by atoms with Crippen LogP contribution in [0.2, 0.25) is 0 Å². The topological polar surface area (TPSA) is 44.8 Å². The molecule has 0 heterocycles. The molecular weight excluding hydrogens is 456 g/mol. The van der Waals surface area contributed by atoms with Crippen molar-refractivity contribution < 1.29 is 19.0 Å². The average Bonchev–Trinajstić information content (AvgIpc) is 2.81. The van der Waals surface area contributed by atoms with Gasteiger partial charge in [0, 0.05) is 17.7 Å². The van der Waals surface area contributed by atoms with Crippen molar-refractivity contribution in [1.82, 2.24) is 0 Å². The highest BCUT2D eigenvalue weighted by Crippen LogP contribution is 2.41. The minimum absolute atomic E-state index is 0.157. The number of rotatable bonds is 19. The van der Waals surface area contributed by atoms with Gasteiger partial charge in [0.05, 0.1) is 32.6 Å². The van der Waals surface area contributed by atoms with Crippen LogP contribution in [0.15, 0.2) is 12.1 Å². The van der Waals surface area contributed by atoms with Crippen molar-refractivity contribution in [2.45, 2.75) is 96.3 Å². The Labute approximate surface area is 198 Å². The molecule has 0 spiro atoms. The summed E-state index contributed by atoms with van der Waals surface area (Å²) in [5, 5.41) is 0.328. The fourth-order valence-electron chi connectivity index (χ4n) is 4.12. The van der Waals surface area contributed by atoms with Crippen molar-refractivity contribution in [2.75, 3.05) is 26.7 Å². The van der Waals surface area contributed by atoms with E-state index >= 15 is 0 Å². The number of Topliss-reactive ketones (excluding diaryl/α,β-unsaturated/α-hetero) is 1. The van der Waals surface area contributed by atoms with Crippen LogP contribution in [0.5, 0.6) is 17.2 Å². The Hall–Kier alpha value is -1.23. The molecule has 1 atom stereocenters. The van der Waals surface area contributed by atoms with E-state index in [-0.39, 0.29) is 11.7 Å². The molecule has 0 aliphatic rings. The molecule has 0 aliphatic heterocycles. The van der Waals surface area contributed by atoms with Gasteiger partial charge in [-0.1, -0.05) is 99.9 Å². The highest BCUT2D eigenvalue weighted by atomic mass is 79.9. The van der Waals surface area contributed by atoms with Crippen molar-refractivity contribution in [1.29, 1.82) is 0 Å². The molecule has 31 heavy (non-hydrogen) atoms. The number of ketones is 1. The van der Waals surface area contributed by atoms with Crippen molar-refractivity contribution in [2.24, 2.45) is 0 Å². The molecule has 0 radical (unpaired) electrons. The van der Waals surface area contributed by atoms with Gasteiger partial charge in [-0.15, -0.1) is 0 Å². The minimum atomic E-state index is -0.238. The highest BCUT2D eigenvalue weighted by Gasteiger charge is 2.27. The van der Waals surface area contributed by atoms with E-state index in [9.17, 15) is 4.79 Å². The molecule has 0 aliphatic carbocycles. The lowest BCUT2D eigenvalue weighted by atomic mass is 9.88. The Morgan fingerprint density at radius 1 is 0.774 bits per heavy atom. The third-order valence-corrected chi connectivity index (χ3v) is 6.52. The number of carbonyl (C=O) groups is 1. The maximum atomic E-state index is 12.7. The van der Waals surface area contributed by atoms with Crippen LogP contribution in [0.1, 0.15) is 102 Å². The number of hydrogen-bond donors (Lipinski definition) is 0. The van der Waals surface area contributed by atoms with E-state index in [0.29, 0.717) is 22.6 Å². The zero-order chi connectivity index (χ0) is 22.9. The van der Waals surface area contributed by atoms with Gasteiger partial charge in [-0.2, -0.15) is 0 Å². The highest BCUT2D eigenvalue weighted by molar-refractivity contribution is 9.09. The fourth-order valence-corrected chi connectivity index (χ4v) is 4.52. The number of alkyl halides is 1. The lowest BCUT2D eigenvalue weighted by Crippen LogP contribution is -2.16. The molecule has 0 N–H and O–H groups in total. The summed E-state index contributed by atoms with van der Waals surface area (Å²) < 4.78 is 16.5. The molecule has 0 aromatic heterocycles. The van der Waals surface area contributed by atoms with E-state index < -0.39 is 0 Å². The summed E-state index contributed by atoms with van der Waals surface area (Å²) in [7, 11) is 4.86. The quantitative estimate of drug-likeness (QED) is 0.144. The number of ether oxygens (including phenoxy) is 3. The van der Waals surface area contributed by atoms with Crippen LogP contribution in [-0.4, -0.2) is 32.4 Å². The normalized spacial score (nSPS) is 11.9. The van der Waals surface area contributed by atoms with Gasteiger partial charge in [-0.3, -0.25) is 4.79 Å². The number of unbranched alkanes of at least 4 members (excludes halogenated alkanes) is 11. The second-order valence-electron chi connectivity index (χ2n) is 8.28. The first-order chi connectivity index (χ1) is 15.1. The van der Waals surface area contributed by atoms with Crippen LogP contribution in [0.25, 0.3) is 0 Å². The van der Waals surface area contributed by atoms with Crippen molar-refractivity contribution in [3.63, 3.8) is 0 Å². The Morgan fingerprint density at radius 3 is 1.61 bits per heavy atom. The van der Waals surface area contributed by atoms with Crippen molar-refractivity contribution in [3.05, 3.63) is 17.7 Å². The molecule has 1 aromatic carbocycles. The summed E-state index contributed by atoms with van der Waals surface area (Å²) in [5.74, 6) is 1.87. The van der Waals surface area contributed by atoms with Crippen molar-refractivity contribution >= 4 is 21.7 Å². The van der Waals surface area contributed by atoms with Gasteiger partial charge in [-0.05, 0) is 6.42 Å². The number of benzene rings is 1. The van der Waals surface area contributed by atoms with Gasteiger partial charge in [0.1, 0.15) is 17.2 Å². The first-order valence-corrected chi connectivity index (χ1v) is 13.1. The van der Waals surface area contributed by atoms with Crippen molar-refractivity contribution in [3.8, 4) is 17.2 Å². The lowest BCUT2D eigenvalue weighted by molar-refractivity contribution is -0.118. The summed E-state index contributed by atoms with van der Waals surface area (Å²) in [4.78, 5) is 12.7. The Kier molecular flexibility index (Phi) is 15.6. The maximum absolute atomic E-state index is 12.7. The van der Waals surface area contributed by atoms with Gasteiger partial charge in [-0.25, -0.2) is 0 Å². The average molecular weight is 500 g/mol. The predicted octanol–water partition coefficient (Wildman–Crippen LogP) is 7.85. The minimum Gasteiger partial charge on any atom is -0.496 e. The van der Waals surface area contributed by atoms with Crippen LogP contribution in [0, 0.1) is 0 Å². The first kappa shape index (κ1) is 27.8. The predicted molar refractivity (Wildman–Crippen MR) is 133 cm³/mol. The maximum Gasteiger partial charge on any atom is 0.151 e. The van der Waals surface area contributed by atoms with E-state index in [4.69, 9.17) is 14.2 Å². The number of methoxy groups -OCH3 is 3. The summed E-state index contributed by atoms with van der Waals surface area (Å²) in [5.41, 5.74) is 0.832. The molecular formula is C26H43BrO4. The molecule has 5 heteroatoms. The second kappa shape index (κ2) is 17.3. The SMILES string of the molecule is CCCCCCCCCCCCCCC(C(=O)CBr)c1c(OC)cc(OC)cc1OC. The third-order valence-electron chi connectivity index (χ3n) is 5.97.